The van der Waals surface area contributed by atoms with E-state index in [1.54, 1.807) is 12.4 Å². The summed E-state index contributed by atoms with van der Waals surface area (Å²) in [5, 5.41) is 10.1. The van der Waals surface area contributed by atoms with Crippen molar-refractivity contribution >= 4 is 0 Å². The molecule has 0 aliphatic heterocycles. The summed E-state index contributed by atoms with van der Waals surface area (Å²) in [6.45, 7) is 0. The highest BCUT2D eigenvalue weighted by atomic mass is 16.3. The molecule has 0 amide bonds. The van der Waals surface area contributed by atoms with Crippen molar-refractivity contribution in [2.24, 2.45) is 5.92 Å². The Morgan fingerprint density at radius 3 is 2.88 bits per heavy atom. The predicted molar refractivity (Wildman–Crippen MR) is 65.6 cm³/mol. The molecule has 0 bridgehead atoms. The van der Waals surface area contributed by atoms with Gasteiger partial charge in [-0.2, -0.15) is 0 Å². The Hall–Kier alpha value is -1.61. The van der Waals surface area contributed by atoms with Crippen LogP contribution in [0.5, 0.6) is 0 Å². The van der Waals surface area contributed by atoms with Gasteiger partial charge in [-0.25, -0.2) is 4.98 Å². The molecular weight excluding hydrogens is 212 g/mol. The van der Waals surface area contributed by atoms with E-state index in [9.17, 15) is 5.11 Å². The third-order valence-electron chi connectivity index (χ3n) is 3.52. The van der Waals surface area contributed by atoms with E-state index in [1.807, 2.05) is 6.07 Å². The molecule has 2 aromatic rings. The van der Waals surface area contributed by atoms with Crippen LogP contribution in [0.1, 0.15) is 23.7 Å². The fourth-order valence-electron chi connectivity index (χ4n) is 2.48. The Bertz CT molecular complexity index is 466. The maximum absolute atomic E-state index is 10.1. The minimum atomic E-state index is -0.286. The number of imidazole rings is 1. The zero-order valence-corrected chi connectivity index (χ0v) is 9.58. The number of aromatic nitrogens is 2. The Balaban J connectivity index is 1.61. The van der Waals surface area contributed by atoms with Gasteiger partial charge in [0, 0.05) is 18.8 Å². The number of H-pyrrole nitrogens is 1. The maximum Gasteiger partial charge on any atom is 0.108 e. The first-order valence-corrected chi connectivity index (χ1v) is 6.06. The molecular formula is C14H16N2O. The summed E-state index contributed by atoms with van der Waals surface area (Å²) < 4.78 is 0. The standard InChI is InChI=1S/C14H16N2O/c17-13(9-14-15-6-7-16-14)12-8-11(12)10-4-2-1-3-5-10/h1-7,11-13,17H,8-9H2,(H,15,16). The van der Waals surface area contributed by atoms with Crippen molar-refractivity contribution in [3.63, 3.8) is 0 Å². The molecule has 1 aliphatic rings. The first-order chi connectivity index (χ1) is 8.34. The molecule has 17 heavy (non-hydrogen) atoms. The van der Waals surface area contributed by atoms with E-state index >= 15 is 0 Å². The summed E-state index contributed by atoms with van der Waals surface area (Å²) in [5.74, 6) is 1.79. The number of hydrogen-bond donors (Lipinski definition) is 2. The lowest BCUT2D eigenvalue weighted by molar-refractivity contribution is 0.147. The fourth-order valence-corrected chi connectivity index (χ4v) is 2.48. The topological polar surface area (TPSA) is 48.9 Å². The third-order valence-corrected chi connectivity index (χ3v) is 3.52. The molecule has 3 rings (SSSR count). The van der Waals surface area contributed by atoms with Gasteiger partial charge in [-0.15, -0.1) is 0 Å². The molecule has 88 valence electrons. The molecule has 1 saturated carbocycles. The van der Waals surface area contributed by atoms with E-state index in [4.69, 9.17) is 0 Å². The molecule has 3 unspecified atom stereocenters. The van der Waals surface area contributed by atoms with Crippen LogP contribution in [-0.2, 0) is 6.42 Å². The quantitative estimate of drug-likeness (QED) is 0.842. The summed E-state index contributed by atoms with van der Waals surface area (Å²) in [6, 6.07) is 10.4. The van der Waals surface area contributed by atoms with E-state index in [2.05, 4.69) is 34.2 Å². The van der Waals surface area contributed by atoms with Gasteiger partial charge in [0.15, 0.2) is 0 Å². The van der Waals surface area contributed by atoms with Gasteiger partial charge in [0.05, 0.1) is 6.10 Å². The molecule has 1 heterocycles. The molecule has 0 radical (unpaired) electrons. The van der Waals surface area contributed by atoms with Gasteiger partial charge in [-0.1, -0.05) is 30.3 Å². The van der Waals surface area contributed by atoms with Crippen LogP contribution >= 0.6 is 0 Å². The molecule has 3 heteroatoms. The Morgan fingerprint density at radius 2 is 2.18 bits per heavy atom. The van der Waals surface area contributed by atoms with Crippen molar-refractivity contribution < 1.29 is 5.11 Å². The van der Waals surface area contributed by atoms with Crippen LogP contribution in [0.25, 0.3) is 0 Å². The largest absolute Gasteiger partial charge is 0.392 e. The fraction of sp³-hybridized carbons (Fsp3) is 0.357. The molecule has 2 N–H and O–H groups in total. The molecule has 1 aliphatic carbocycles. The van der Waals surface area contributed by atoms with Gasteiger partial charge in [-0.3, -0.25) is 0 Å². The SMILES string of the molecule is OC(Cc1ncc[nH]1)C1CC1c1ccccc1. The summed E-state index contributed by atoms with van der Waals surface area (Å²) in [5.41, 5.74) is 1.34. The van der Waals surface area contributed by atoms with Crippen molar-refractivity contribution in [1.82, 2.24) is 9.97 Å². The average Bonchev–Trinajstić information content (AvgIpc) is 3.02. The highest BCUT2D eigenvalue weighted by molar-refractivity contribution is 5.26. The minimum absolute atomic E-state index is 0.286. The van der Waals surface area contributed by atoms with E-state index < -0.39 is 0 Å². The molecule has 1 fully saturated rings. The zero-order valence-electron chi connectivity index (χ0n) is 9.58. The van der Waals surface area contributed by atoms with Gasteiger partial charge < -0.3 is 10.1 Å². The third kappa shape index (κ3) is 2.24. The predicted octanol–water partition coefficient (Wildman–Crippen LogP) is 2.12. The highest BCUT2D eigenvalue weighted by Gasteiger charge is 2.43. The Labute approximate surface area is 101 Å². The van der Waals surface area contributed by atoms with Crippen molar-refractivity contribution in [3.8, 4) is 0 Å². The lowest BCUT2D eigenvalue weighted by atomic mass is 10.1. The Morgan fingerprint density at radius 1 is 1.35 bits per heavy atom. The zero-order chi connectivity index (χ0) is 11.7. The highest BCUT2D eigenvalue weighted by Crippen LogP contribution is 2.49. The van der Waals surface area contributed by atoms with Crippen LogP contribution in [-0.4, -0.2) is 21.2 Å². The number of aliphatic hydroxyl groups excluding tert-OH is 1. The molecule has 1 aromatic heterocycles. The van der Waals surface area contributed by atoms with E-state index in [0.29, 0.717) is 18.3 Å². The van der Waals surface area contributed by atoms with Crippen LogP contribution < -0.4 is 0 Å². The van der Waals surface area contributed by atoms with E-state index in [0.717, 1.165) is 12.2 Å². The number of hydrogen-bond acceptors (Lipinski definition) is 2. The van der Waals surface area contributed by atoms with Gasteiger partial charge in [-0.05, 0) is 23.8 Å². The second-order valence-corrected chi connectivity index (χ2v) is 4.72. The van der Waals surface area contributed by atoms with Crippen LogP contribution in [0.2, 0.25) is 0 Å². The molecule has 3 nitrogen and oxygen atoms in total. The first-order valence-electron chi connectivity index (χ1n) is 6.06. The normalized spacial score (nSPS) is 24.5. The summed E-state index contributed by atoms with van der Waals surface area (Å²) in [7, 11) is 0. The lowest BCUT2D eigenvalue weighted by Crippen LogP contribution is -2.15. The van der Waals surface area contributed by atoms with Gasteiger partial charge in [0.1, 0.15) is 5.82 Å². The molecule has 0 spiro atoms. The molecule has 0 saturated heterocycles. The van der Waals surface area contributed by atoms with Crippen molar-refractivity contribution in [2.45, 2.75) is 24.9 Å². The number of benzene rings is 1. The van der Waals surface area contributed by atoms with Crippen LogP contribution in [0.3, 0.4) is 0 Å². The van der Waals surface area contributed by atoms with Crippen molar-refractivity contribution in [2.75, 3.05) is 0 Å². The Kier molecular flexibility index (Phi) is 2.69. The number of aromatic amines is 1. The number of nitrogens with one attached hydrogen (secondary N) is 1. The number of aliphatic hydroxyl groups is 1. The number of nitrogens with zero attached hydrogens (tertiary/aromatic N) is 1. The smallest absolute Gasteiger partial charge is 0.108 e. The number of rotatable bonds is 4. The first kappa shape index (κ1) is 10.5. The average molecular weight is 228 g/mol. The van der Waals surface area contributed by atoms with Crippen LogP contribution in [0, 0.1) is 5.92 Å². The van der Waals surface area contributed by atoms with Crippen molar-refractivity contribution in [1.29, 1.82) is 0 Å². The maximum atomic E-state index is 10.1. The van der Waals surface area contributed by atoms with Gasteiger partial charge in [0.25, 0.3) is 0 Å². The van der Waals surface area contributed by atoms with Crippen molar-refractivity contribution in [3.05, 3.63) is 54.1 Å². The summed E-state index contributed by atoms with van der Waals surface area (Å²) in [6.07, 6.45) is 4.95. The van der Waals surface area contributed by atoms with E-state index in [-0.39, 0.29) is 6.10 Å². The van der Waals surface area contributed by atoms with Crippen LogP contribution in [0.15, 0.2) is 42.7 Å². The van der Waals surface area contributed by atoms with E-state index in [1.165, 1.54) is 5.56 Å². The van der Waals surface area contributed by atoms with Gasteiger partial charge in [0.2, 0.25) is 0 Å². The summed E-state index contributed by atoms with van der Waals surface area (Å²) in [4.78, 5) is 7.18. The van der Waals surface area contributed by atoms with Crippen LogP contribution in [0.4, 0.5) is 0 Å². The minimum Gasteiger partial charge on any atom is -0.392 e. The second kappa shape index (κ2) is 4.34. The van der Waals surface area contributed by atoms with Gasteiger partial charge >= 0.3 is 0 Å². The molecule has 3 atom stereocenters. The summed E-state index contributed by atoms with van der Waals surface area (Å²) >= 11 is 0. The lowest BCUT2D eigenvalue weighted by Gasteiger charge is -2.08. The second-order valence-electron chi connectivity index (χ2n) is 4.72. The molecule has 1 aromatic carbocycles. The monoisotopic (exact) mass is 228 g/mol.